The van der Waals surface area contributed by atoms with E-state index in [1.165, 1.54) is 19.8 Å². The predicted molar refractivity (Wildman–Crippen MR) is 82.1 cm³/mol. The third kappa shape index (κ3) is 8.35. The Morgan fingerprint density at radius 2 is 2.10 bits per heavy atom. The average Bonchev–Trinajstić information content (AvgIpc) is 2.43. The zero-order valence-electron chi connectivity index (χ0n) is 13.0. The lowest BCUT2D eigenvalue weighted by molar-refractivity contribution is -0.150. The topological polar surface area (TPSA) is 55.8 Å². The molecule has 0 aliphatic rings. The van der Waals surface area contributed by atoms with Gasteiger partial charge in [-0.1, -0.05) is 38.3 Å². The molecule has 118 valence electrons. The second kappa shape index (κ2) is 10.2. The molecule has 0 fully saturated rings. The number of carbonyl (C=O) groups is 1. The number of phenols is 1. The van der Waals surface area contributed by atoms with Gasteiger partial charge in [0.2, 0.25) is 0 Å². The van der Waals surface area contributed by atoms with Crippen LogP contribution in [0.2, 0.25) is 0 Å². The van der Waals surface area contributed by atoms with Gasteiger partial charge in [-0.15, -0.1) is 0 Å². The van der Waals surface area contributed by atoms with Gasteiger partial charge in [-0.05, 0) is 30.5 Å². The van der Waals surface area contributed by atoms with E-state index in [2.05, 4.69) is 6.92 Å². The number of hydrogen-bond acceptors (Lipinski definition) is 4. The predicted octanol–water partition coefficient (Wildman–Crippen LogP) is 3.81. The van der Waals surface area contributed by atoms with Gasteiger partial charge in [-0.2, -0.15) is 0 Å². The molecule has 0 unspecified atom stereocenters. The summed E-state index contributed by atoms with van der Waals surface area (Å²) in [6.07, 6.45) is 5.24. The minimum absolute atomic E-state index is 0.184. The molecule has 0 aliphatic heterocycles. The molecule has 0 aromatic heterocycles. The van der Waals surface area contributed by atoms with E-state index in [1.807, 2.05) is 6.07 Å². The largest absolute Gasteiger partial charge is 0.508 e. The molecule has 0 aliphatic carbocycles. The average molecular weight is 294 g/mol. The van der Waals surface area contributed by atoms with Gasteiger partial charge in [0.25, 0.3) is 0 Å². The Morgan fingerprint density at radius 1 is 1.29 bits per heavy atom. The van der Waals surface area contributed by atoms with Crippen molar-refractivity contribution < 1.29 is 19.4 Å². The minimum atomic E-state index is -0.267. The quantitative estimate of drug-likeness (QED) is 0.526. The fourth-order valence-electron chi connectivity index (χ4n) is 2.16. The molecule has 0 saturated carbocycles. The first-order chi connectivity index (χ1) is 10.1. The molecule has 1 atom stereocenters. The number of phenolic OH excluding ortho intramolecular Hbond substituents is 1. The fraction of sp³-hybridized carbons (Fsp3) is 0.588. The molecule has 0 radical (unpaired) electrons. The lowest BCUT2D eigenvalue weighted by Gasteiger charge is -2.17. The van der Waals surface area contributed by atoms with Crippen LogP contribution in [0.1, 0.15) is 51.5 Å². The molecule has 0 bridgehead atoms. The van der Waals surface area contributed by atoms with E-state index in [9.17, 15) is 9.90 Å². The summed E-state index contributed by atoms with van der Waals surface area (Å²) in [4.78, 5) is 11.1. The highest BCUT2D eigenvalue weighted by Crippen LogP contribution is 2.13. The molecule has 1 aromatic carbocycles. The van der Waals surface area contributed by atoms with Gasteiger partial charge < -0.3 is 14.6 Å². The first-order valence-electron chi connectivity index (χ1n) is 7.64. The summed E-state index contributed by atoms with van der Waals surface area (Å²) in [5, 5.41) is 9.38. The molecular formula is C17H26O4. The molecule has 0 amide bonds. The second-order valence-electron chi connectivity index (χ2n) is 5.27. The molecule has 4 heteroatoms. The molecule has 21 heavy (non-hydrogen) atoms. The van der Waals surface area contributed by atoms with Crippen molar-refractivity contribution in [1.29, 1.82) is 0 Å². The van der Waals surface area contributed by atoms with Crippen LogP contribution < -0.4 is 0 Å². The maximum Gasteiger partial charge on any atom is 0.302 e. The number of rotatable bonds is 10. The van der Waals surface area contributed by atoms with Crippen molar-refractivity contribution in [3.8, 4) is 5.75 Å². The van der Waals surface area contributed by atoms with Crippen molar-refractivity contribution >= 4 is 5.97 Å². The van der Waals surface area contributed by atoms with Gasteiger partial charge in [0, 0.05) is 6.92 Å². The fourth-order valence-corrected chi connectivity index (χ4v) is 2.16. The van der Waals surface area contributed by atoms with E-state index in [1.54, 1.807) is 18.2 Å². The number of esters is 1. The van der Waals surface area contributed by atoms with E-state index in [4.69, 9.17) is 9.47 Å². The maximum atomic E-state index is 11.1. The minimum Gasteiger partial charge on any atom is -0.508 e. The summed E-state index contributed by atoms with van der Waals surface area (Å²) in [7, 11) is 0. The Hall–Kier alpha value is -1.55. The molecule has 0 saturated heterocycles. The zero-order chi connectivity index (χ0) is 15.5. The highest BCUT2D eigenvalue weighted by molar-refractivity contribution is 5.66. The zero-order valence-corrected chi connectivity index (χ0v) is 13.0. The number of hydrogen-bond donors (Lipinski definition) is 1. The van der Waals surface area contributed by atoms with Crippen molar-refractivity contribution in [2.45, 2.75) is 58.7 Å². The molecule has 4 nitrogen and oxygen atoms in total. The van der Waals surface area contributed by atoms with Crippen molar-refractivity contribution in [2.75, 3.05) is 6.61 Å². The van der Waals surface area contributed by atoms with Crippen LogP contribution in [0, 0.1) is 0 Å². The van der Waals surface area contributed by atoms with Crippen molar-refractivity contribution in [2.24, 2.45) is 0 Å². The lowest BCUT2D eigenvalue weighted by Crippen LogP contribution is -2.22. The van der Waals surface area contributed by atoms with Crippen LogP contribution in [0.4, 0.5) is 0 Å². The Balaban J connectivity index is 2.32. The Labute approximate surface area is 127 Å². The van der Waals surface area contributed by atoms with Gasteiger partial charge in [0.05, 0.1) is 13.2 Å². The highest BCUT2D eigenvalue weighted by Gasteiger charge is 2.12. The standard InChI is InChI=1S/C17H26O4/c1-3-4-5-6-10-17(21-14(2)18)13-20-12-15-8-7-9-16(19)11-15/h7-9,11,17,19H,3-6,10,12-13H2,1-2H3/t17-/m1/s1. The first-order valence-corrected chi connectivity index (χ1v) is 7.64. The van der Waals surface area contributed by atoms with Crippen LogP contribution in [-0.2, 0) is 20.9 Å². The summed E-state index contributed by atoms with van der Waals surface area (Å²) in [5.74, 6) is -0.0383. The van der Waals surface area contributed by atoms with Gasteiger partial charge >= 0.3 is 5.97 Å². The molecule has 0 heterocycles. The third-order valence-electron chi connectivity index (χ3n) is 3.20. The number of unbranched alkanes of at least 4 members (excludes halogenated alkanes) is 3. The van der Waals surface area contributed by atoms with Crippen LogP contribution in [0.5, 0.6) is 5.75 Å². The Bertz CT molecular complexity index is 417. The SMILES string of the molecule is CCCCCC[C@H](COCc1cccc(O)c1)OC(C)=O. The van der Waals surface area contributed by atoms with E-state index in [-0.39, 0.29) is 17.8 Å². The lowest BCUT2D eigenvalue weighted by atomic mass is 10.1. The van der Waals surface area contributed by atoms with Gasteiger partial charge in [-0.25, -0.2) is 0 Å². The maximum absolute atomic E-state index is 11.1. The second-order valence-corrected chi connectivity index (χ2v) is 5.27. The van der Waals surface area contributed by atoms with Crippen LogP contribution >= 0.6 is 0 Å². The molecule has 0 spiro atoms. The summed E-state index contributed by atoms with van der Waals surface area (Å²) in [6, 6.07) is 6.96. The summed E-state index contributed by atoms with van der Waals surface area (Å²) < 4.78 is 10.9. The van der Waals surface area contributed by atoms with Crippen LogP contribution in [0.3, 0.4) is 0 Å². The van der Waals surface area contributed by atoms with Gasteiger partial charge in [-0.3, -0.25) is 4.79 Å². The molecule has 1 aromatic rings. The first kappa shape index (κ1) is 17.5. The van der Waals surface area contributed by atoms with Crippen molar-refractivity contribution in [3.05, 3.63) is 29.8 Å². The molecular weight excluding hydrogens is 268 g/mol. The van der Waals surface area contributed by atoms with Crippen molar-refractivity contribution in [3.63, 3.8) is 0 Å². The smallest absolute Gasteiger partial charge is 0.302 e. The highest BCUT2D eigenvalue weighted by atomic mass is 16.6. The summed E-state index contributed by atoms with van der Waals surface area (Å²) >= 11 is 0. The van der Waals surface area contributed by atoms with E-state index < -0.39 is 0 Å². The number of aromatic hydroxyl groups is 1. The van der Waals surface area contributed by atoms with Gasteiger partial charge in [0.15, 0.2) is 0 Å². The van der Waals surface area contributed by atoms with E-state index in [0.29, 0.717) is 13.2 Å². The summed E-state index contributed by atoms with van der Waals surface area (Å²) in [5.41, 5.74) is 0.905. The van der Waals surface area contributed by atoms with Crippen LogP contribution in [0.15, 0.2) is 24.3 Å². The Kier molecular flexibility index (Phi) is 8.51. The number of ether oxygens (including phenoxy) is 2. The summed E-state index contributed by atoms with van der Waals surface area (Å²) in [6.45, 7) is 4.39. The molecule has 1 rings (SSSR count). The molecule has 1 N–H and O–H groups in total. The van der Waals surface area contributed by atoms with Gasteiger partial charge in [0.1, 0.15) is 11.9 Å². The number of benzene rings is 1. The van der Waals surface area contributed by atoms with Crippen molar-refractivity contribution in [1.82, 2.24) is 0 Å². The van der Waals surface area contributed by atoms with Crippen LogP contribution in [0.25, 0.3) is 0 Å². The van der Waals surface area contributed by atoms with E-state index in [0.717, 1.165) is 24.8 Å². The Morgan fingerprint density at radius 3 is 2.76 bits per heavy atom. The number of carbonyl (C=O) groups excluding carboxylic acids is 1. The normalized spacial score (nSPS) is 12.1. The third-order valence-corrected chi connectivity index (χ3v) is 3.20. The monoisotopic (exact) mass is 294 g/mol. The van der Waals surface area contributed by atoms with Crippen LogP contribution in [-0.4, -0.2) is 23.8 Å². The van der Waals surface area contributed by atoms with E-state index >= 15 is 0 Å².